The maximum absolute atomic E-state index is 13.2. The number of nitrogen functional groups attached to an aromatic ring is 1. The Kier molecular flexibility index (Phi) is 4.20. The van der Waals surface area contributed by atoms with Gasteiger partial charge in [0.1, 0.15) is 5.82 Å². The Labute approximate surface area is 101 Å². The standard InChI is InChI=1S/C13H19FN2O/c14-11-2-1-3-12(13(11)15)16-7-4-10-5-8-17-9-6-10/h1-3,10,16H,4-9,15H2. The molecule has 4 heteroatoms. The fourth-order valence-electron chi connectivity index (χ4n) is 2.14. The smallest absolute Gasteiger partial charge is 0.148 e. The van der Waals surface area contributed by atoms with E-state index in [1.807, 2.05) is 6.07 Å². The van der Waals surface area contributed by atoms with Crippen LogP contribution in [0, 0.1) is 11.7 Å². The molecule has 0 radical (unpaired) electrons. The minimum absolute atomic E-state index is 0.208. The number of hydrogen-bond donors (Lipinski definition) is 2. The summed E-state index contributed by atoms with van der Waals surface area (Å²) in [6.07, 6.45) is 3.33. The molecule has 0 unspecified atom stereocenters. The van der Waals surface area contributed by atoms with Crippen molar-refractivity contribution >= 4 is 11.4 Å². The summed E-state index contributed by atoms with van der Waals surface area (Å²) in [7, 11) is 0. The number of nitrogens with one attached hydrogen (secondary N) is 1. The third-order valence-electron chi connectivity index (χ3n) is 3.26. The molecule has 17 heavy (non-hydrogen) atoms. The van der Waals surface area contributed by atoms with E-state index < -0.39 is 0 Å². The number of para-hydroxylation sites is 1. The van der Waals surface area contributed by atoms with Gasteiger partial charge in [-0.3, -0.25) is 0 Å². The molecule has 0 aromatic heterocycles. The second-order valence-corrected chi connectivity index (χ2v) is 4.47. The monoisotopic (exact) mass is 238 g/mol. The number of hydrogen-bond acceptors (Lipinski definition) is 3. The van der Waals surface area contributed by atoms with Crippen molar-refractivity contribution in [2.24, 2.45) is 5.92 Å². The number of rotatable bonds is 4. The van der Waals surface area contributed by atoms with Crippen molar-refractivity contribution in [1.29, 1.82) is 0 Å². The number of anilines is 2. The second-order valence-electron chi connectivity index (χ2n) is 4.47. The van der Waals surface area contributed by atoms with Crippen LogP contribution in [0.4, 0.5) is 15.8 Å². The van der Waals surface area contributed by atoms with Gasteiger partial charge in [-0.15, -0.1) is 0 Å². The minimum Gasteiger partial charge on any atom is -0.395 e. The molecule has 1 aliphatic heterocycles. The normalized spacial score (nSPS) is 17.0. The topological polar surface area (TPSA) is 47.3 Å². The molecular formula is C13H19FN2O. The molecule has 2 rings (SSSR count). The highest BCUT2D eigenvalue weighted by molar-refractivity contribution is 5.66. The van der Waals surface area contributed by atoms with E-state index in [0.717, 1.165) is 39.0 Å². The van der Waals surface area contributed by atoms with Gasteiger partial charge in [-0.1, -0.05) is 6.07 Å². The van der Waals surface area contributed by atoms with Gasteiger partial charge in [-0.05, 0) is 37.3 Å². The molecule has 1 saturated heterocycles. The van der Waals surface area contributed by atoms with Gasteiger partial charge in [0.05, 0.1) is 11.4 Å². The maximum Gasteiger partial charge on any atom is 0.148 e. The van der Waals surface area contributed by atoms with Crippen molar-refractivity contribution < 1.29 is 9.13 Å². The van der Waals surface area contributed by atoms with E-state index in [4.69, 9.17) is 10.5 Å². The van der Waals surface area contributed by atoms with Gasteiger partial charge < -0.3 is 15.8 Å². The predicted octanol–water partition coefficient (Wildman–Crippen LogP) is 2.64. The molecule has 1 heterocycles. The summed E-state index contributed by atoms with van der Waals surface area (Å²) in [5.41, 5.74) is 6.54. The van der Waals surface area contributed by atoms with E-state index in [1.165, 1.54) is 6.07 Å². The van der Waals surface area contributed by atoms with Gasteiger partial charge in [0, 0.05) is 19.8 Å². The first-order valence-electron chi connectivity index (χ1n) is 6.13. The Morgan fingerprint density at radius 1 is 1.35 bits per heavy atom. The van der Waals surface area contributed by atoms with Crippen molar-refractivity contribution in [1.82, 2.24) is 0 Å². The molecule has 0 amide bonds. The lowest BCUT2D eigenvalue weighted by Gasteiger charge is -2.22. The van der Waals surface area contributed by atoms with Crippen LogP contribution in [0.1, 0.15) is 19.3 Å². The van der Waals surface area contributed by atoms with E-state index in [9.17, 15) is 4.39 Å². The lowest BCUT2D eigenvalue weighted by atomic mass is 9.97. The summed E-state index contributed by atoms with van der Waals surface area (Å²) >= 11 is 0. The Hall–Kier alpha value is -1.29. The molecule has 1 aliphatic rings. The van der Waals surface area contributed by atoms with Crippen molar-refractivity contribution in [3.8, 4) is 0 Å². The Balaban J connectivity index is 1.79. The van der Waals surface area contributed by atoms with Crippen LogP contribution >= 0.6 is 0 Å². The van der Waals surface area contributed by atoms with Gasteiger partial charge in [0.15, 0.2) is 0 Å². The van der Waals surface area contributed by atoms with Crippen molar-refractivity contribution in [3.63, 3.8) is 0 Å². The van der Waals surface area contributed by atoms with Gasteiger partial charge in [-0.2, -0.15) is 0 Å². The van der Waals surface area contributed by atoms with Crippen LogP contribution in [0.15, 0.2) is 18.2 Å². The molecule has 0 aliphatic carbocycles. The molecule has 3 N–H and O–H groups in total. The summed E-state index contributed by atoms with van der Waals surface area (Å²) in [5.74, 6) is 0.354. The number of nitrogens with two attached hydrogens (primary N) is 1. The third kappa shape index (κ3) is 3.33. The van der Waals surface area contributed by atoms with E-state index in [2.05, 4.69) is 5.32 Å². The van der Waals surface area contributed by atoms with E-state index in [0.29, 0.717) is 11.6 Å². The quantitative estimate of drug-likeness (QED) is 0.793. The zero-order valence-corrected chi connectivity index (χ0v) is 9.92. The number of halogens is 1. The summed E-state index contributed by atoms with van der Waals surface area (Å²) < 4.78 is 18.5. The molecule has 3 nitrogen and oxygen atoms in total. The highest BCUT2D eigenvalue weighted by Crippen LogP contribution is 2.22. The molecule has 0 bridgehead atoms. The number of ether oxygens (including phenoxy) is 1. The Morgan fingerprint density at radius 2 is 2.12 bits per heavy atom. The number of benzene rings is 1. The average molecular weight is 238 g/mol. The van der Waals surface area contributed by atoms with Gasteiger partial charge in [0.25, 0.3) is 0 Å². The summed E-state index contributed by atoms with van der Waals surface area (Å²) in [6, 6.07) is 4.85. The van der Waals surface area contributed by atoms with Crippen LogP contribution in [0.3, 0.4) is 0 Å². The van der Waals surface area contributed by atoms with Crippen LogP contribution in [0.25, 0.3) is 0 Å². The SMILES string of the molecule is Nc1c(F)cccc1NCCC1CCOCC1. The molecule has 1 aromatic rings. The van der Waals surface area contributed by atoms with E-state index in [1.54, 1.807) is 6.07 Å². The van der Waals surface area contributed by atoms with Crippen molar-refractivity contribution in [3.05, 3.63) is 24.0 Å². The summed E-state index contributed by atoms with van der Waals surface area (Å²) in [4.78, 5) is 0. The lowest BCUT2D eigenvalue weighted by Crippen LogP contribution is -2.18. The van der Waals surface area contributed by atoms with Crippen molar-refractivity contribution in [2.75, 3.05) is 30.8 Å². The molecule has 0 atom stereocenters. The van der Waals surface area contributed by atoms with Gasteiger partial charge in [-0.25, -0.2) is 4.39 Å². The molecule has 0 spiro atoms. The van der Waals surface area contributed by atoms with Crippen LogP contribution in [-0.4, -0.2) is 19.8 Å². The van der Waals surface area contributed by atoms with Crippen LogP contribution < -0.4 is 11.1 Å². The van der Waals surface area contributed by atoms with E-state index >= 15 is 0 Å². The van der Waals surface area contributed by atoms with Gasteiger partial charge in [0.2, 0.25) is 0 Å². The van der Waals surface area contributed by atoms with Crippen LogP contribution in [-0.2, 0) is 4.74 Å². The van der Waals surface area contributed by atoms with Crippen LogP contribution in [0.5, 0.6) is 0 Å². The highest BCUT2D eigenvalue weighted by atomic mass is 19.1. The maximum atomic E-state index is 13.2. The first-order valence-corrected chi connectivity index (χ1v) is 6.13. The fourth-order valence-corrected chi connectivity index (χ4v) is 2.14. The molecule has 0 saturated carbocycles. The molecular weight excluding hydrogens is 219 g/mol. The average Bonchev–Trinajstić information content (AvgIpc) is 2.36. The van der Waals surface area contributed by atoms with Crippen LogP contribution in [0.2, 0.25) is 0 Å². The summed E-state index contributed by atoms with van der Waals surface area (Å²) in [6.45, 7) is 2.57. The largest absolute Gasteiger partial charge is 0.395 e. The zero-order chi connectivity index (χ0) is 12.1. The summed E-state index contributed by atoms with van der Waals surface area (Å²) in [5, 5.41) is 3.20. The Bertz CT molecular complexity index is 364. The van der Waals surface area contributed by atoms with E-state index in [-0.39, 0.29) is 11.5 Å². The first-order chi connectivity index (χ1) is 8.27. The van der Waals surface area contributed by atoms with Crippen molar-refractivity contribution in [2.45, 2.75) is 19.3 Å². The first kappa shape index (κ1) is 12.2. The molecule has 1 aromatic carbocycles. The molecule has 94 valence electrons. The van der Waals surface area contributed by atoms with Gasteiger partial charge >= 0.3 is 0 Å². The molecule has 1 fully saturated rings. The Morgan fingerprint density at radius 3 is 2.88 bits per heavy atom. The fraction of sp³-hybridized carbons (Fsp3) is 0.538. The second kappa shape index (κ2) is 5.87. The minimum atomic E-state index is -0.360. The zero-order valence-electron chi connectivity index (χ0n) is 9.92. The lowest BCUT2D eigenvalue weighted by molar-refractivity contribution is 0.0649. The predicted molar refractivity (Wildman–Crippen MR) is 67.5 cm³/mol. The highest BCUT2D eigenvalue weighted by Gasteiger charge is 2.13. The third-order valence-corrected chi connectivity index (χ3v) is 3.26.